The molecule has 2 rings (SSSR count). The average molecular weight is 323 g/mol. The number of amides is 1. The molecule has 0 bridgehead atoms. The molecule has 0 atom stereocenters. The molecule has 23 heavy (non-hydrogen) atoms. The van der Waals surface area contributed by atoms with Gasteiger partial charge in [0.2, 0.25) is 0 Å². The molecule has 0 spiro atoms. The summed E-state index contributed by atoms with van der Waals surface area (Å²) in [4.78, 5) is 23.2. The first kappa shape index (κ1) is 17.1. The third-order valence-corrected chi connectivity index (χ3v) is 3.76. The Hall–Kier alpha value is -2.28. The number of carbonyl (C=O) groups is 2. The first-order valence-corrected chi connectivity index (χ1v) is 7.40. The monoisotopic (exact) mass is 323 g/mol. The van der Waals surface area contributed by atoms with Gasteiger partial charge < -0.3 is 24.6 Å². The zero-order valence-corrected chi connectivity index (χ0v) is 13.0. The van der Waals surface area contributed by atoms with Crippen molar-refractivity contribution in [1.29, 1.82) is 0 Å². The summed E-state index contributed by atoms with van der Waals surface area (Å²) in [5, 5.41) is 11.9. The van der Waals surface area contributed by atoms with Gasteiger partial charge in [-0.3, -0.25) is 9.59 Å². The number of rotatable bonds is 7. The van der Waals surface area contributed by atoms with E-state index in [-0.39, 0.29) is 18.9 Å². The highest BCUT2D eigenvalue weighted by molar-refractivity contribution is 5.79. The molecule has 0 aromatic heterocycles. The van der Waals surface area contributed by atoms with Crippen LogP contribution in [0.4, 0.5) is 0 Å². The van der Waals surface area contributed by atoms with E-state index < -0.39 is 11.5 Å². The Kier molecular flexibility index (Phi) is 5.81. The van der Waals surface area contributed by atoms with Crippen molar-refractivity contribution < 1.29 is 28.9 Å². The summed E-state index contributed by atoms with van der Waals surface area (Å²) >= 11 is 0. The number of carboxylic acid groups (broad SMARTS) is 1. The average Bonchev–Trinajstić information content (AvgIpc) is 2.53. The van der Waals surface area contributed by atoms with E-state index in [2.05, 4.69) is 5.32 Å². The van der Waals surface area contributed by atoms with Crippen LogP contribution in [-0.2, 0) is 14.3 Å². The van der Waals surface area contributed by atoms with Crippen LogP contribution < -0.4 is 14.8 Å². The zero-order valence-electron chi connectivity index (χ0n) is 13.0. The van der Waals surface area contributed by atoms with Crippen molar-refractivity contribution in [2.24, 2.45) is 0 Å². The minimum atomic E-state index is -0.944. The quantitative estimate of drug-likeness (QED) is 0.783. The lowest BCUT2D eigenvalue weighted by atomic mass is 9.86. The predicted molar refractivity (Wildman–Crippen MR) is 81.7 cm³/mol. The fraction of sp³-hybridized carbons (Fsp3) is 0.500. The molecule has 2 N–H and O–H groups in total. The van der Waals surface area contributed by atoms with E-state index in [4.69, 9.17) is 19.3 Å². The predicted octanol–water partition coefficient (Wildman–Crippen LogP) is 1.21. The summed E-state index contributed by atoms with van der Waals surface area (Å²) < 4.78 is 15.8. The lowest BCUT2D eigenvalue weighted by Gasteiger charge is -2.36. The van der Waals surface area contributed by atoms with Gasteiger partial charge in [-0.2, -0.15) is 0 Å². The van der Waals surface area contributed by atoms with Crippen LogP contribution in [0.25, 0.3) is 0 Å². The summed E-state index contributed by atoms with van der Waals surface area (Å²) in [6, 6.07) is 6.93. The lowest BCUT2D eigenvalue weighted by Crippen LogP contribution is -2.54. The van der Waals surface area contributed by atoms with Crippen molar-refractivity contribution in [3.05, 3.63) is 24.3 Å². The van der Waals surface area contributed by atoms with Gasteiger partial charge in [0.1, 0.15) is 11.5 Å². The van der Waals surface area contributed by atoms with Gasteiger partial charge in [-0.25, -0.2) is 0 Å². The molecule has 126 valence electrons. The van der Waals surface area contributed by atoms with Crippen molar-refractivity contribution in [2.45, 2.75) is 24.8 Å². The minimum absolute atomic E-state index is 0.124. The Morgan fingerprint density at radius 3 is 2.65 bits per heavy atom. The number of ether oxygens (including phenoxy) is 3. The summed E-state index contributed by atoms with van der Waals surface area (Å²) in [5.74, 6) is -0.148. The Morgan fingerprint density at radius 2 is 2.00 bits per heavy atom. The Morgan fingerprint density at radius 1 is 1.30 bits per heavy atom. The Labute approximate surface area is 134 Å². The molecule has 1 heterocycles. The number of methoxy groups -OCH3 is 1. The Bertz CT molecular complexity index is 553. The zero-order chi connectivity index (χ0) is 16.7. The topological polar surface area (TPSA) is 94.1 Å². The smallest absolute Gasteiger partial charge is 0.305 e. The molecular weight excluding hydrogens is 302 g/mol. The van der Waals surface area contributed by atoms with Crippen molar-refractivity contribution in [3.8, 4) is 11.5 Å². The molecule has 1 amide bonds. The fourth-order valence-electron chi connectivity index (χ4n) is 2.57. The number of hydrogen-bond donors (Lipinski definition) is 2. The first-order valence-electron chi connectivity index (χ1n) is 7.40. The van der Waals surface area contributed by atoms with E-state index in [1.165, 1.54) is 0 Å². The van der Waals surface area contributed by atoms with Crippen LogP contribution in [-0.4, -0.2) is 49.5 Å². The second kappa shape index (κ2) is 7.82. The molecule has 1 aliphatic rings. The van der Waals surface area contributed by atoms with E-state index in [1.807, 2.05) is 0 Å². The van der Waals surface area contributed by atoms with E-state index >= 15 is 0 Å². The largest absolute Gasteiger partial charge is 0.497 e. The second-order valence-electron chi connectivity index (χ2n) is 5.48. The molecule has 0 saturated carbocycles. The van der Waals surface area contributed by atoms with E-state index in [9.17, 15) is 9.59 Å². The minimum Gasteiger partial charge on any atom is -0.497 e. The molecule has 1 saturated heterocycles. The van der Waals surface area contributed by atoms with Crippen molar-refractivity contribution >= 4 is 11.9 Å². The SMILES string of the molecule is COc1cccc(OCC(=O)NC2(CC(=O)O)CCOCC2)c1. The van der Waals surface area contributed by atoms with Crippen LogP contribution in [0, 0.1) is 0 Å². The summed E-state index contributed by atoms with van der Waals surface area (Å²) in [7, 11) is 1.55. The summed E-state index contributed by atoms with van der Waals surface area (Å²) in [5.41, 5.74) is -0.765. The number of carbonyl (C=O) groups excluding carboxylic acids is 1. The number of hydrogen-bond acceptors (Lipinski definition) is 5. The lowest BCUT2D eigenvalue weighted by molar-refractivity contribution is -0.140. The van der Waals surface area contributed by atoms with Crippen molar-refractivity contribution in [2.75, 3.05) is 26.9 Å². The summed E-state index contributed by atoms with van der Waals surface area (Å²) in [6.07, 6.45) is 0.829. The highest BCUT2D eigenvalue weighted by Crippen LogP contribution is 2.25. The number of aliphatic carboxylic acids is 1. The van der Waals surface area contributed by atoms with Gasteiger partial charge in [0.05, 0.1) is 19.1 Å². The van der Waals surface area contributed by atoms with Crippen LogP contribution in [0.15, 0.2) is 24.3 Å². The van der Waals surface area contributed by atoms with Gasteiger partial charge >= 0.3 is 5.97 Å². The van der Waals surface area contributed by atoms with Gasteiger partial charge in [0.25, 0.3) is 5.91 Å². The van der Waals surface area contributed by atoms with Gasteiger partial charge in [-0.15, -0.1) is 0 Å². The normalized spacial score (nSPS) is 16.4. The third kappa shape index (κ3) is 5.14. The molecule has 1 aliphatic heterocycles. The molecule has 0 unspecified atom stereocenters. The van der Waals surface area contributed by atoms with E-state index in [0.29, 0.717) is 37.6 Å². The van der Waals surface area contributed by atoms with Crippen molar-refractivity contribution in [3.63, 3.8) is 0 Å². The standard InChI is InChI=1S/C16H21NO6/c1-21-12-3-2-4-13(9-12)23-11-14(18)17-16(10-15(19)20)5-7-22-8-6-16/h2-4,9H,5-8,10-11H2,1H3,(H,17,18)(H,19,20). The number of benzene rings is 1. The molecule has 0 radical (unpaired) electrons. The molecule has 7 heteroatoms. The molecule has 7 nitrogen and oxygen atoms in total. The third-order valence-electron chi connectivity index (χ3n) is 3.76. The highest BCUT2D eigenvalue weighted by Gasteiger charge is 2.36. The van der Waals surface area contributed by atoms with Crippen LogP contribution in [0.3, 0.4) is 0 Å². The number of nitrogens with one attached hydrogen (secondary N) is 1. The molecule has 1 aromatic carbocycles. The van der Waals surface area contributed by atoms with Crippen LogP contribution >= 0.6 is 0 Å². The van der Waals surface area contributed by atoms with Crippen LogP contribution in [0.5, 0.6) is 11.5 Å². The Balaban J connectivity index is 1.92. The molecule has 1 aromatic rings. The maximum Gasteiger partial charge on any atom is 0.305 e. The first-order chi connectivity index (χ1) is 11.0. The molecular formula is C16H21NO6. The molecule has 1 fully saturated rings. The van der Waals surface area contributed by atoms with Gasteiger partial charge in [0, 0.05) is 19.3 Å². The van der Waals surface area contributed by atoms with E-state index in [1.54, 1.807) is 31.4 Å². The maximum absolute atomic E-state index is 12.1. The molecule has 0 aliphatic carbocycles. The van der Waals surface area contributed by atoms with Gasteiger partial charge in [-0.1, -0.05) is 6.07 Å². The fourth-order valence-corrected chi connectivity index (χ4v) is 2.57. The summed E-state index contributed by atoms with van der Waals surface area (Å²) in [6.45, 7) is 0.685. The van der Waals surface area contributed by atoms with Crippen molar-refractivity contribution in [1.82, 2.24) is 5.32 Å². The van der Waals surface area contributed by atoms with Gasteiger partial charge in [0.15, 0.2) is 6.61 Å². The maximum atomic E-state index is 12.1. The van der Waals surface area contributed by atoms with E-state index in [0.717, 1.165) is 0 Å². The van der Waals surface area contributed by atoms with Crippen LogP contribution in [0.2, 0.25) is 0 Å². The van der Waals surface area contributed by atoms with Crippen LogP contribution in [0.1, 0.15) is 19.3 Å². The van der Waals surface area contributed by atoms with Gasteiger partial charge in [-0.05, 0) is 25.0 Å². The second-order valence-corrected chi connectivity index (χ2v) is 5.48. The number of carboxylic acids is 1. The highest BCUT2D eigenvalue weighted by atomic mass is 16.5.